The maximum atomic E-state index is 13.5. The number of rotatable bonds is 10. The molecule has 0 radical (unpaired) electrons. The van der Waals surface area contributed by atoms with Gasteiger partial charge in [-0.2, -0.15) is 0 Å². The first kappa shape index (κ1) is 28.7. The van der Waals surface area contributed by atoms with Crippen molar-refractivity contribution >= 4 is 89.5 Å². The van der Waals surface area contributed by atoms with Gasteiger partial charge in [-0.3, -0.25) is 24.0 Å². The van der Waals surface area contributed by atoms with Crippen molar-refractivity contribution in [3.8, 4) is 0 Å². The molecule has 0 spiro atoms. The number of ketones is 1. The van der Waals surface area contributed by atoms with Crippen LogP contribution in [0.3, 0.4) is 0 Å². The topological polar surface area (TPSA) is 133 Å². The summed E-state index contributed by atoms with van der Waals surface area (Å²) >= 11 is 4.47. The molecular formula is C25H31I2N4O5P. The van der Waals surface area contributed by atoms with E-state index in [9.17, 15) is 24.0 Å². The maximum absolute atomic E-state index is 13.5. The Balaban J connectivity index is 1.55. The van der Waals surface area contributed by atoms with Crippen molar-refractivity contribution in [3.63, 3.8) is 0 Å². The van der Waals surface area contributed by atoms with E-state index < -0.39 is 35.0 Å². The number of benzene rings is 1. The van der Waals surface area contributed by atoms with Crippen LogP contribution in [0.2, 0.25) is 0 Å². The Labute approximate surface area is 245 Å². The normalized spacial score (nSPS) is 23.0. The van der Waals surface area contributed by atoms with Gasteiger partial charge in [0, 0.05) is 18.0 Å². The Bertz CT molecular complexity index is 1150. The Morgan fingerprint density at radius 1 is 1.22 bits per heavy atom. The molecule has 9 nitrogen and oxygen atoms in total. The molecule has 4 N–H and O–H groups in total. The summed E-state index contributed by atoms with van der Waals surface area (Å²) in [6.45, 7) is 3.70. The molecular weight excluding hydrogens is 721 g/mol. The lowest BCUT2D eigenvalue weighted by Gasteiger charge is -2.26. The lowest BCUT2D eigenvalue weighted by atomic mass is 9.93. The number of alkyl halides is 2. The van der Waals surface area contributed by atoms with Gasteiger partial charge in [0.25, 0.3) is 11.8 Å². The average Bonchev–Trinajstić information content (AvgIpc) is 3.72. The predicted molar refractivity (Wildman–Crippen MR) is 160 cm³/mol. The molecule has 1 heterocycles. The number of carbonyl (C=O) groups excluding carboxylic acids is 5. The number of Topliss-reactive ketones (excluding diaryl/α,β-unsaturated/α-hetero) is 1. The zero-order valence-corrected chi connectivity index (χ0v) is 26.1. The van der Waals surface area contributed by atoms with Crippen LogP contribution in [-0.4, -0.2) is 48.7 Å². The van der Waals surface area contributed by atoms with Crippen molar-refractivity contribution < 1.29 is 24.0 Å². The third-order valence-electron chi connectivity index (χ3n) is 7.17. The zero-order chi connectivity index (χ0) is 27.1. The second-order valence-corrected chi connectivity index (χ2v) is 19.1. The van der Waals surface area contributed by atoms with Crippen molar-refractivity contribution in [1.29, 1.82) is 0 Å². The van der Waals surface area contributed by atoms with Gasteiger partial charge in [-0.05, 0) is 64.5 Å². The minimum absolute atomic E-state index is 0.0180. The minimum atomic E-state index is -1.17. The number of amides is 4. The molecule has 2 aliphatic carbocycles. The molecule has 1 saturated heterocycles. The highest BCUT2D eigenvalue weighted by Gasteiger charge is 2.60. The van der Waals surface area contributed by atoms with Gasteiger partial charge in [0.05, 0.1) is 22.7 Å². The number of aryl methyl sites for hydroxylation is 1. The van der Waals surface area contributed by atoms with Crippen LogP contribution in [0.15, 0.2) is 18.2 Å². The number of halogens is 2. The molecule has 4 rings (SSSR count). The molecule has 200 valence electrons. The van der Waals surface area contributed by atoms with Crippen LogP contribution >= 0.6 is 54.4 Å². The average molecular weight is 752 g/mol. The first-order valence-electron chi connectivity index (χ1n) is 12.4. The van der Waals surface area contributed by atoms with Crippen LogP contribution in [0.5, 0.6) is 0 Å². The monoisotopic (exact) mass is 752 g/mol. The number of anilines is 1. The lowest BCUT2D eigenvalue weighted by Crippen LogP contribution is -2.49. The summed E-state index contributed by atoms with van der Waals surface area (Å²) in [4.78, 5) is 64.8. The van der Waals surface area contributed by atoms with E-state index in [2.05, 4.69) is 75.7 Å². The SMILES string of the molecule is Cc1ccc(NC(=O)C2(C(P)(I)I)CC2)c(C(=O)N[C@@H](C[C@@H]2CC(C)NC2=O)C(=O)C(=O)NC2CC2)c1. The van der Waals surface area contributed by atoms with Gasteiger partial charge < -0.3 is 21.3 Å². The van der Waals surface area contributed by atoms with Crippen molar-refractivity contribution in [2.24, 2.45) is 11.3 Å². The summed E-state index contributed by atoms with van der Waals surface area (Å²) in [6, 6.07) is 3.88. The summed E-state index contributed by atoms with van der Waals surface area (Å²) in [7, 11) is 2.71. The molecule has 3 aliphatic rings. The van der Waals surface area contributed by atoms with Gasteiger partial charge in [0.15, 0.2) is 0 Å². The summed E-state index contributed by atoms with van der Waals surface area (Å²) in [5, 5.41) is 11.1. The van der Waals surface area contributed by atoms with E-state index in [1.807, 2.05) is 13.8 Å². The van der Waals surface area contributed by atoms with E-state index in [1.54, 1.807) is 18.2 Å². The van der Waals surface area contributed by atoms with E-state index in [-0.39, 0.29) is 37.1 Å². The molecule has 2 saturated carbocycles. The molecule has 12 heteroatoms. The fourth-order valence-corrected chi connectivity index (χ4v) is 6.57. The molecule has 1 aromatic rings. The van der Waals surface area contributed by atoms with Crippen molar-refractivity contribution in [3.05, 3.63) is 29.3 Å². The van der Waals surface area contributed by atoms with Crippen molar-refractivity contribution in [2.75, 3.05) is 5.32 Å². The van der Waals surface area contributed by atoms with Gasteiger partial charge >= 0.3 is 0 Å². The predicted octanol–water partition coefficient (Wildman–Crippen LogP) is 2.97. The Morgan fingerprint density at radius 2 is 1.89 bits per heavy atom. The smallest absolute Gasteiger partial charge is 0.289 e. The lowest BCUT2D eigenvalue weighted by molar-refractivity contribution is -0.139. The van der Waals surface area contributed by atoms with E-state index in [0.29, 0.717) is 12.1 Å². The van der Waals surface area contributed by atoms with E-state index in [4.69, 9.17) is 0 Å². The van der Waals surface area contributed by atoms with Crippen molar-refractivity contribution in [2.45, 2.75) is 71.7 Å². The Kier molecular flexibility index (Phi) is 8.55. The molecule has 4 atom stereocenters. The van der Waals surface area contributed by atoms with Gasteiger partial charge in [-0.15, -0.1) is 9.24 Å². The highest BCUT2D eigenvalue weighted by atomic mass is 127. The van der Waals surface area contributed by atoms with Crippen molar-refractivity contribution in [1.82, 2.24) is 16.0 Å². The highest BCUT2D eigenvalue weighted by Crippen LogP contribution is 2.65. The summed E-state index contributed by atoms with van der Waals surface area (Å²) in [5.74, 6) is -2.98. The van der Waals surface area contributed by atoms with Gasteiger partial charge in [-0.25, -0.2) is 0 Å². The largest absolute Gasteiger partial charge is 0.353 e. The standard InChI is InChI=1S/C25H31I2N4O5P/c1-12-3-6-17(31-23(36)24(7-8-24)25(26,27)37)16(9-12)21(34)30-18(11-14-10-13(2)28-20(14)33)19(32)22(35)29-15-4-5-15/h3,6,9,13-15,18H,4-5,7-8,10-11,37H2,1-2H3,(H,28,33)(H,29,35)(H,30,34)(H,31,36)/t13?,14-,18-/m0/s1. The van der Waals surface area contributed by atoms with Crippen LogP contribution in [0.4, 0.5) is 5.69 Å². The first-order valence-corrected chi connectivity index (χ1v) is 15.1. The van der Waals surface area contributed by atoms with Crippen LogP contribution in [0, 0.1) is 18.3 Å². The molecule has 1 aliphatic heterocycles. The summed E-state index contributed by atoms with van der Waals surface area (Å²) in [5.41, 5.74) is 0.779. The molecule has 4 amide bonds. The Morgan fingerprint density at radius 3 is 2.43 bits per heavy atom. The van der Waals surface area contributed by atoms with E-state index >= 15 is 0 Å². The van der Waals surface area contributed by atoms with Crippen LogP contribution in [-0.2, 0) is 19.2 Å². The number of carbonyl (C=O) groups is 5. The van der Waals surface area contributed by atoms with Crippen LogP contribution in [0.1, 0.15) is 61.4 Å². The first-order chi connectivity index (χ1) is 17.3. The van der Waals surface area contributed by atoms with Gasteiger partial charge in [-0.1, -0.05) is 56.8 Å². The van der Waals surface area contributed by atoms with E-state index in [0.717, 1.165) is 31.2 Å². The number of hydrogen-bond acceptors (Lipinski definition) is 5. The third-order valence-corrected chi connectivity index (χ3v) is 9.78. The maximum Gasteiger partial charge on any atom is 0.289 e. The Hall–Kier alpha value is -1.34. The second kappa shape index (κ2) is 11.0. The third kappa shape index (κ3) is 6.63. The molecule has 37 heavy (non-hydrogen) atoms. The van der Waals surface area contributed by atoms with Gasteiger partial charge in [0.1, 0.15) is 1.17 Å². The summed E-state index contributed by atoms with van der Waals surface area (Å²) < 4.78 is -0.370. The zero-order valence-electron chi connectivity index (χ0n) is 20.7. The molecule has 3 fully saturated rings. The van der Waals surface area contributed by atoms with Gasteiger partial charge in [0.2, 0.25) is 17.6 Å². The highest BCUT2D eigenvalue weighted by molar-refractivity contribution is 14.2. The second-order valence-electron chi connectivity index (χ2n) is 10.4. The minimum Gasteiger partial charge on any atom is -0.353 e. The fourth-order valence-electron chi connectivity index (χ4n) is 4.58. The molecule has 2 unspecified atom stereocenters. The summed E-state index contributed by atoms with van der Waals surface area (Å²) in [6.07, 6.45) is 3.66. The molecule has 1 aromatic carbocycles. The fraction of sp³-hybridized carbons (Fsp3) is 0.560. The number of hydrogen-bond donors (Lipinski definition) is 4. The quantitative estimate of drug-likeness (QED) is 0.126. The van der Waals surface area contributed by atoms with Crippen LogP contribution in [0.25, 0.3) is 0 Å². The molecule has 0 bridgehead atoms. The van der Waals surface area contributed by atoms with Crippen LogP contribution < -0.4 is 21.3 Å². The number of nitrogens with one attached hydrogen (secondary N) is 4. The molecule has 0 aromatic heterocycles. The van der Waals surface area contributed by atoms with E-state index in [1.165, 1.54) is 0 Å².